The standard InChI is InChI=1S/C7H16N2O/c1-5-7(4,8)6(2,3)9-10/h5,8H2,1-4H3. The number of nitrogens with two attached hydrogens (primary N) is 1. The number of rotatable bonds is 3. The van der Waals surface area contributed by atoms with Gasteiger partial charge in [0.05, 0.1) is 0 Å². The number of nitroso groups, excluding NO2 is 1. The molecule has 0 aromatic rings. The SMILES string of the molecule is CCC(C)(N)C(C)(C)N=O. The van der Waals surface area contributed by atoms with Crippen molar-refractivity contribution >= 4 is 0 Å². The molecular weight excluding hydrogens is 128 g/mol. The minimum absolute atomic E-state index is 0.491. The molecule has 0 aromatic carbocycles. The molecule has 2 N–H and O–H groups in total. The van der Waals surface area contributed by atoms with Crippen LogP contribution >= 0.6 is 0 Å². The normalized spacial score (nSPS) is 18.1. The summed E-state index contributed by atoms with van der Waals surface area (Å²) in [6.07, 6.45) is 0.756. The van der Waals surface area contributed by atoms with Crippen molar-refractivity contribution in [2.24, 2.45) is 10.9 Å². The van der Waals surface area contributed by atoms with Gasteiger partial charge in [0.2, 0.25) is 0 Å². The number of nitrogens with zero attached hydrogens (tertiary/aromatic N) is 1. The van der Waals surface area contributed by atoms with Crippen molar-refractivity contribution in [1.82, 2.24) is 0 Å². The van der Waals surface area contributed by atoms with Crippen molar-refractivity contribution in [2.45, 2.75) is 45.2 Å². The molecule has 0 aromatic heterocycles. The Kier molecular flexibility index (Phi) is 2.54. The number of hydrogen-bond acceptors (Lipinski definition) is 3. The molecule has 0 saturated carbocycles. The third-order valence-corrected chi connectivity index (χ3v) is 2.36. The lowest BCUT2D eigenvalue weighted by molar-refractivity contribution is 0.275. The third kappa shape index (κ3) is 1.53. The summed E-state index contributed by atoms with van der Waals surface area (Å²) in [7, 11) is 0. The Morgan fingerprint density at radius 2 is 1.80 bits per heavy atom. The molecule has 1 unspecified atom stereocenters. The lowest BCUT2D eigenvalue weighted by atomic mass is 9.81. The Labute approximate surface area is 62.0 Å². The van der Waals surface area contributed by atoms with Gasteiger partial charge in [-0.1, -0.05) is 12.1 Å². The minimum atomic E-state index is -0.665. The average Bonchev–Trinajstić information content (AvgIpc) is 1.88. The topological polar surface area (TPSA) is 55.4 Å². The second-order valence-corrected chi connectivity index (χ2v) is 3.42. The van der Waals surface area contributed by atoms with E-state index in [1.165, 1.54) is 0 Å². The fourth-order valence-corrected chi connectivity index (χ4v) is 0.537. The van der Waals surface area contributed by atoms with E-state index in [1.54, 1.807) is 13.8 Å². The quantitative estimate of drug-likeness (QED) is 0.612. The first kappa shape index (κ1) is 9.56. The first-order valence-corrected chi connectivity index (χ1v) is 3.51. The van der Waals surface area contributed by atoms with Crippen LogP contribution in [0.4, 0.5) is 0 Å². The zero-order valence-corrected chi connectivity index (χ0v) is 7.14. The highest BCUT2D eigenvalue weighted by molar-refractivity contribution is 4.99. The van der Waals surface area contributed by atoms with E-state index in [0.717, 1.165) is 6.42 Å². The van der Waals surface area contributed by atoms with E-state index in [4.69, 9.17) is 5.73 Å². The highest BCUT2D eigenvalue weighted by Gasteiger charge is 2.37. The molecule has 3 nitrogen and oxygen atoms in total. The molecule has 0 rings (SSSR count). The molecule has 1 atom stereocenters. The van der Waals surface area contributed by atoms with Crippen molar-refractivity contribution in [1.29, 1.82) is 0 Å². The molecule has 60 valence electrons. The molecule has 0 aliphatic carbocycles. The second-order valence-electron chi connectivity index (χ2n) is 3.42. The summed E-state index contributed by atoms with van der Waals surface area (Å²) >= 11 is 0. The minimum Gasteiger partial charge on any atom is -0.323 e. The van der Waals surface area contributed by atoms with Crippen LogP contribution in [-0.4, -0.2) is 11.1 Å². The van der Waals surface area contributed by atoms with Crippen LogP contribution in [0.3, 0.4) is 0 Å². The molecule has 3 heteroatoms. The molecule has 0 aliphatic heterocycles. The van der Waals surface area contributed by atoms with E-state index in [9.17, 15) is 4.91 Å². The van der Waals surface area contributed by atoms with Crippen LogP contribution < -0.4 is 5.73 Å². The highest BCUT2D eigenvalue weighted by atomic mass is 16.3. The fourth-order valence-electron chi connectivity index (χ4n) is 0.537. The average molecular weight is 144 g/mol. The molecule has 0 saturated heterocycles. The summed E-state index contributed by atoms with van der Waals surface area (Å²) in [5.74, 6) is 0. The summed E-state index contributed by atoms with van der Waals surface area (Å²) < 4.78 is 0. The first-order valence-electron chi connectivity index (χ1n) is 3.51. The predicted molar refractivity (Wildman–Crippen MR) is 42.8 cm³/mol. The Bertz CT molecular complexity index is 130. The molecule has 0 aliphatic rings. The molecule has 10 heavy (non-hydrogen) atoms. The van der Waals surface area contributed by atoms with Crippen molar-refractivity contribution in [3.63, 3.8) is 0 Å². The Morgan fingerprint density at radius 3 is 1.90 bits per heavy atom. The van der Waals surface area contributed by atoms with Crippen LogP contribution in [0.5, 0.6) is 0 Å². The van der Waals surface area contributed by atoms with Crippen LogP contribution in [-0.2, 0) is 0 Å². The van der Waals surface area contributed by atoms with E-state index in [1.807, 2.05) is 13.8 Å². The van der Waals surface area contributed by atoms with Gasteiger partial charge in [-0.15, -0.1) is 0 Å². The van der Waals surface area contributed by atoms with E-state index >= 15 is 0 Å². The summed E-state index contributed by atoms with van der Waals surface area (Å²) in [5.41, 5.74) is 4.65. The number of hydrogen-bond donors (Lipinski definition) is 1. The van der Waals surface area contributed by atoms with E-state index < -0.39 is 11.1 Å². The van der Waals surface area contributed by atoms with Gasteiger partial charge in [-0.3, -0.25) is 0 Å². The zero-order chi connectivity index (χ0) is 8.41. The second kappa shape index (κ2) is 2.66. The van der Waals surface area contributed by atoms with E-state index in [-0.39, 0.29) is 0 Å². The Morgan fingerprint density at radius 1 is 1.40 bits per heavy atom. The maximum absolute atomic E-state index is 10.3. The monoisotopic (exact) mass is 144 g/mol. The van der Waals surface area contributed by atoms with Crippen molar-refractivity contribution < 1.29 is 0 Å². The summed E-state index contributed by atoms with van der Waals surface area (Å²) in [5, 5.41) is 2.99. The van der Waals surface area contributed by atoms with Crippen LogP contribution in [0.25, 0.3) is 0 Å². The first-order chi connectivity index (χ1) is 4.37. The smallest absolute Gasteiger partial charge is 0.115 e. The van der Waals surface area contributed by atoms with Gasteiger partial charge in [0.1, 0.15) is 5.54 Å². The van der Waals surface area contributed by atoms with Crippen molar-refractivity contribution in [2.75, 3.05) is 0 Å². The highest BCUT2D eigenvalue weighted by Crippen LogP contribution is 2.25. The van der Waals surface area contributed by atoms with Crippen LogP contribution in [0.1, 0.15) is 34.1 Å². The molecule has 0 fully saturated rings. The van der Waals surface area contributed by atoms with Gasteiger partial charge >= 0.3 is 0 Å². The van der Waals surface area contributed by atoms with E-state index in [2.05, 4.69) is 5.18 Å². The Balaban J connectivity index is 4.43. The largest absolute Gasteiger partial charge is 0.323 e. The maximum atomic E-state index is 10.3. The van der Waals surface area contributed by atoms with Crippen molar-refractivity contribution in [3.05, 3.63) is 4.91 Å². The van der Waals surface area contributed by atoms with Crippen molar-refractivity contribution in [3.8, 4) is 0 Å². The molecule has 0 radical (unpaired) electrons. The summed E-state index contributed by atoms with van der Waals surface area (Å²) in [6.45, 7) is 7.30. The van der Waals surface area contributed by atoms with Gasteiger partial charge in [0.25, 0.3) is 0 Å². The van der Waals surface area contributed by atoms with Gasteiger partial charge in [-0.25, -0.2) is 0 Å². The molecular formula is C7H16N2O. The van der Waals surface area contributed by atoms with Gasteiger partial charge in [-0.05, 0) is 27.2 Å². The van der Waals surface area contributed by atoms with Crippen LogP contribution in [0.15, 0.2) is 5.18 Å². The van der Waals surface area contributed by atoms with Gasteiger partial charge < -0.3 is 5.73 Å². The third-order valence-electron chi connectivity index (χ3n) is 2.36. The maximum Gasteiger partial charge on any atom is 0.115 e. The van der Waals surface area contributed by atoms with Gasteiger partial charge in [-0.2, -0.15) is 4.91 Å². The molecule has 0 amide bonds. The zero-order valence-electron chi connectivity index (χ0n) is 7.14. The van der Waals surface area contributed by atoms with Gasteiger partial charge in [0, 0.05) is 5.54 Å². The predicted octanol–water partition coefficient (Wildman–Crippen LogP) is 1.66. The Hall–Kier alpha value is -0.440. The molecule has 0 bridgehead atoms. The summed E-state index contributed by atoms with van der Waals surface area (Å²) in [6, 6.07) is 0. The lowest BCUT2D eigenvalue weighted by Gasteiger charge is -2.34. The van der Waals surface area contributed by atoms with E-state index in [0.29, 0.717) is 0 Å². The summed E-state index contributed by atoms with van der Waals surface area (Å²) in [4.78, 5) is 10.3. The lowest BCUT2D eigenvalue weighted by Crippen LogP contribution is -2.53. The van der Waals surface area contributed by atoms with Crippen LogP contribution in [0, 0.1) is 4.91 Å². The molecule has 0 heterocycles. The van der Waals surface area contributed by atoms with Gasteiger partial charge in [0.15, 0.2) is 0 Å². The fraction of sp³-hybridized carbons (Fsp3) is 1.00. The molecule has 0 spiro atoms. The van der Waals surface area contributed by atoms with Crippen LogP contribution in [0.2, 0.25) is 0 Å².